The lowest BCUT2D eigenvalue weighted by molar-refractivity contribution is 0.102. The summed E-state index contributed by atoms with van der Waals surface area (Å²) in [5.74, 6) is 0.602. The van der Waals surface area contributed by atoms with Gasteiger partial charge in [-0.05, 0) is 77.9 Å². The average Bonchev–Trinajstić information content (AvgIpc) is 2.48. The van der Waals surface area contributed by atoms with E-state index in [-0.39, 0.29) is 5.91 Å². The van der Waals surface area contributed by atoms with Crippen molar-refractivity contribution >= 4 is 34.2 Å². The minimum Gasteiger partial charge on any atom is -0.494 e. The number of amides is 1. The van der Waals surface area contributed by atoms with Crippen LogP contribution in [-0.2, 0) is 0 Å². The van der Waals surface area contributed by atoms with Crippen molar-refractivity contribution in [2.75, 3.05) is 11.9 Å². The van der Waals surface area contributed by atoms with Gasteiger partial charge in [-0.25, -0.2) is 0 Å². The summed E-state index contributed by atoms with van der Waals surface area (Å²) in [6.07, 6.45) is 0.943. The summed E-state index contributed by atoms with van der Waals surface area (Å²) >= 11 is 2.26. The Morgan fingerprint density at radius 2 is 2.05 bits per heavy atom. The molecule has 1 N–H and O–H groups in total. The molecule has 21 heavy (non-hydrogen) atoms. The number of benzene rings is 2. The number of aryl methyl sites for hydroxylation is 1. The topological polar surface area (TPSA) is 38.3 Å². The molecule has 0 aliphatic carbocycles. The highest BCUT2D eigenvalue weighted by Crippen LogP contribution is 2.20. The fraction of sp³-hybridized carbons (Fsp3) is 0.235. The molecule has 0 aliphatic rings. The molecule has 0 saturated heterocycles. The maximum atomic E-state index is 12.3. The van der Waals surface area contributed by atoms with Crippen LogP contribution in [0.5, 0.6) is 5.75 Å². The Balaban J connectivity index is 2.12. The molecule has 2 aromatic rings. The van der Waals surface area contributed by atoms with Gasteiger partial charge in [0, 0.05) is 14.8 Å². The van der Waals surface area contributed by atoms with Gasteiger partial charge in [0.15, 0.2) is 0 Å². The lowest BCUT2D eigenvalue weighted by atomic mass is 10.1. The van der Waals surface area contributed by atoms with Crippen LogP contribution in [0.3, 0.4) is 0 Å². The Labute approximate surface area is 138 Å². The van der Waals surface area contributed by atoms with E-state index in [2.05, 4.69) is 34.8 Å². The molecule has 1 amide bonds. The van der Waals surface area contributed by atoms with Crippen LogP contribution in [0.15, 0.2) is 42.5 Å². The van der Waals surface area contributed by atoms with E-state index in [0.717, 1.165) is 27.0 Å². The van der Waals surface area contributed by atoms with Gasteiger partial charge in [0.25, 0.3) is 5.91 Å². The summed E-state index contributed by atoms with van der Waals surface area (Å²) in [6.45, 7) is 4.69. The second-order valence-electron chi connectivity index (χ2n) is 4.79. The summed E-state index contributed by atoms with van der Waals surface area (Å²) in [6, 6.07) is 13.2. The number of rotatable bonds is 5. The second kappa shape index (κ2) is 7.45. The standard InChI is InChI=1S/C17H18INO2/c1-3-9-21-15-6-4-5-13(11-15)17(20)19-16-8-7-14(18)10-12(16)2/h4-8,10-11H,3,9H2,1-2H3,(H,19,20). The van der Waals surface area contributed by atoms with Crippen molar-refractivity contribution < 1.29 is 9.53 Å². The van der Waals surface area contributed by atoms with Crippen molar-refractivity contribution in [2.45, 2.75) is 20.3 Å². The number of ether oxygens (including phenoxy) is 1. The second-order valence-corrected chi connectivity index (χ2v) is 6.04. The van der Waals surface area contributed by atoms with Gasteiger partial charge in [0.05, 0.1) is 6.61 Å². The minimum absolute atomic E-state index is 0.124. The molecule has 0 spiro atoms. The van der Waals surface area contributed by atoms with E-state index >= 15 is 0 Å². The fourth-order valence-corrected chi connectivity index (χ4v) is 2.56. The summed E-state index contributed by atoms with van der Waals surface area (Å²) in [4.78, 5) is 12.3. The summed E-state index contributed by atoms with van der Waals surface area (Å²) in [5.41, 5.74) is 2.48. The Kier molecular flexibility index (Phi) is 5.61. The first-order valence-corrected chi connectivity index (χ1v) is 7.98. The van der Waals surface area contributed by atoms with Crippen molar-refractivity contribution in [3.8, 4) is 5.75 Å². The lowest BCUT2D eigenvalue weighted by Gasteiger charge is -2.10. The lowest BCUT2D eigenvalue weighted by Crippen LogP contribution is -2.13. The molecule has 0 heterocycles. The molecular weight excluding hydrogens is 377 g/mol. The van der Waals surface area contributed by atoms with Crippen molar-refractivity contribution in [3.05, 3.63) is 57.2 Å². The van der Waals surface area contributed by atoms with E-state index < -0.39 is 0 Å². The molecule has 0 unspecified atom stereocenters. The van der Waals surface area contributed by atoms with Crippen LogP contribution in [0.1, 0.15) is 29.3 Å². The highest BCUT2D eigenvalue weighted by Gasteiger charge is 2.09. The van der Waals surface area contributed by atoms with Gasteiger partial charge in [-0.15, -0.1) is 0 Å². The molecule has 0 saturated carbocycles. The normalized spacial score (nSPS) is 10.2. The van der Waals surface area contributed by atoms with E-state index in [1.807, 2.05) is 37.3 Å². The van der Waals surface area contributed by atoms with Crippen molar-refractivity contribution in [3.63, 3.8) is 0 Å². The third kappa shape index (κ3) is 4.46. The largest absolute Gasteiger partial charge is 0.494 e. The summed E-state index contributed by atoms with van der Waals surface area (Å²) < 4.78 is 6.71. The zero-order chi connectivity index (χ0) is 15.2. The maximum Gasteiger partial charge on any atom is 0.255 e. The van der Waals surface area contributed by atoms with Crippen LogP contribution >= 0.6 is 22.6 Å². The van der Waals surface area contributed by atoms with Crippen LogP contribution in [0.25, 0.3) is 0 Å². The molecule has 110 valence electrons. The zero-order valence-electron chi connectivity index (χ0n) is 12.2. The molecule has 0 aromatic heterocycles. The molecule has 0 atom stereocenters. The number of anilines is 1. The molecule has 4 heteroatoms. The molecule has 0 fully saturated rings. The van der Waals surface area contributed by atoms with Crippen LogP contribution in [0, 0.1) is 10.5 Å². The van der Waals surface area contributed by atoms with E-state index in [1.54, 1.807) is 12.1 Å². The van der Waals surface area contributed by atoms with Crippen molar-refractivity contribution in [2.24, 2.45) is 0 Å². The predicted octanol–water partition coefficient (Wildman–Crippen LogP) is 4.64. The van der Waals surface area contributed by atoms with Crippen LogP contribution in [0.2, 0.25) is 0 Å². The van der Waals surface area contributed by atoms with Gasteiger partial charge in [-0.3, -0.25) is 4.79 Å². The zero-order valence-corrected chi connectivity index (χ0v) is 14.3. The smallest absolute Gasteiger partial charge is 0.255 e. The highest BCUT2D eigenvalue weighted by atomic mass is 127. The fourth-order valence-electron chi connectivity index (χ4n) is 1.91. The average molecular weight is 395 g/mol. The summed E-state index contributed by atoms with van der Waals surface area (Å²) in [7, 11) is 0. The molecule has 2 aromatic carbocycles. The van der Waals surface area contributed by atoms with Crippen molar-refractivity contribution in [1.82, 2.24) is 0 Å². The maximum absolute atomic E-state index is 12.3. The number of carbonyl (C=O) groups excluding carboxylic acids is 1. The quantitative estimate of drug-likeness (QED) is 0.750. The predicted molar refractivity (Wildman–Crippen MR) is 94.1 cm³/mol. The SMILES string of the molecule is CCCOc1cccc(C(=O)Nc2ccc(I)cc2C)c1. The third-order valence-electron chi connectivity index (χ3n) is 3.01. The van der Waals surface area contributed by atoms with E-state index in [4.69, 9.17) is 4.74 Å². The van der Waals surface area contributed by atoms with Gasteiger partial charge in [-0.1, -0.05) is 13.0 Å². The minimum atomic E-state index is -0.124. The van der Waals surface area contributed by atoms with E-state index in [0.29, 0.717) is 12.2 Å². The molecule has 2 rings (SSSR count). The summed E-state index contributed by atoms with van der Waals surface area (Å²) in [5, 5.41) is 2.94. The first-order valence-electron chi connectivity index (χ1n) is 6.90. The number of nitrogens with one attached hydrogen (secondary N) is 1. The molecule has 0 radical (unpaired) electrons. The van der Waals surface area contributed by atoms with Gasteiger partial charge < -0.3 is 10.1 Å². The van der Waals surface area contributed by atoms with Crippen LogP contribution in [-0.4, -0.2) is 12.5 Å². The molecule has 0 bridgehead atoms. The number of carbonyl (C=O) groups is 1. The first-order chi connectivity index (χ1) is 10.1. The Bertz CT molecular complexity index is 640. The van der Waals surface area contributed by atoms with E-state index in [1.165, 1.54) is 0 Å². The molecular formula is C17H18INO2. The van der Waals surface area contributed by atoms with Gasteiger partial charge in [-0.2, -0.15) is 0 Å². The third-order valence-corrected chi connectivity index (χ3v) is 3.68. The molecule has 3 nitrogen and oxygen atoms in total. The Morgan fingerprint density at radius 1 is 1.24 bits per heavy atom. The monoisotopic (exact) mass is 395 g/mol. The first kappa shape index (κ1) is 15.8. The molecule has 0 aliphatic heterocycles. The Morgan fingerprint density at radius 3 is 2.76 bits per heavy atom. The van der Waals surface area contributed by atoms with Crippen molar-refractivity contribution in [1.29, 1.82) is 0 Å². The number of halogens is 1. The number of hydrogen-bond acceptors (Lipinski definition) is 2. The van der Waals surface area contributed by atoms with Gasteiger partial charge in [0.2, 0.25) is 0 Å². The van der Waals surface area contributed by atoms with Crippen LogP contribution in [0.4, 0.5) is 5.69 Å². The van der Waals surface area contributed by atoms with Gasteiger partial charge >= 0.3 is 0 Å². The number of hydrogen-bond donors (Lipinski definition) is 1. The van der Waals surface area contributed by atoms with E-state index in [9.17, 15) is 4.79 Å². The Hall–Kier alpha value is -1.56. The van der Waals surface area contributed by atoms with Gasteiger partial charge in [0.1, 0.15) is 5.75 Å². The highest BCUT2D eigenvalue weighted by molar-refractivity contribution is 14.1. The van der Waals surface area contributed by atoms with Crippen LogP contribution < -0.4 is 10.1 Å².